The molecule has 3 saturated carbocycles. The van der Waals surface area contributed by atoms with Crippen LogP contribution >= 0.6 is 0 Å². The standard InChI is InChI=1S/C22H30O3/c1-13-11-16-17(20(3)8-5-15(24)12-19(13)20)6-9-21(4)18(16)7-10-22(21,25)14(2)23/h12,16-18,25H,1,5-11H2,2-4H3/t16-,17-,18+,20-,21+,22+/m1/s1. The minimum absolute atomic E-state index is 0.0339. The molecular weight excluding hydrogens is 312 g/mol. The van der Waals surface area contributed by atoms with Crippen LogP contribution in [0, 0.1) is 28.6 Å². The molecule has 0 aromatic rings. The van der Waals surface area contributed by atoms with Gasteiger partial charge in [0.05, 0.1) is 0 Å². The van der Waals surface area contributed by atoms with Crippen LogP contribution in [0.5, 0.6) is 0 Å². The summed E-state index contributed by atoms with van der Waals surface area (Å²) in [6, 6.07) is 0. The lowest BCUT2D eigenvalue weighted by atomic mass is 9.45. The summed E-state index contributed by atoms with van der Waals surface area (Å²) >= 11 is 0. The van der Waals surface area contributed by atoms with Crippen molar-refractivity contribution in [1.82, 2.24) is 0 Å². The van der Waals surface area contributed by atoms with Crippen molar-refractivity contribution < 1.29 is 14.7 Å². The Morgan fingerprint density at radius 3 is 2.56 bits per heavy atom. The molecule has 3 heteroatoms. The number of Topliss-reactive ketones (excluding diaryl/α,β-unsaturated/α-hetero) is 1. The largest absolute Gasteiger partial charge is 0.382 e. The van der Waals surface area contributed by atoms with Crippen molar-refractivity contribution >= 4 is 11.6 Å². The van der Waals surface area contributed by atoms with Gasteiger partial charge in [-0.15, -0.1) is 0 Å². The summed E-state index contributed by atoms with van der Waals surface area (Å²) in [5, 5.41) is 11.2. The van der Waals surface area contributed by atoms with E-state index in [1.807, 2.05) is 6.08 Å². The van der Waals surface area contributed by atoms with Gasteiger partial charge in [0, 0.05) is 11.8 Å². The molecule has 136 valence electrons. The molecule has 0 unspecified atom stereocenters. The fourth-order valence-electron chi connectivity index (χ4n) is 7.16. The molecular formula is C22H30O3. The zero-order valence-corrected chi connectivity index (χ0v) is 15.7. The highest BCUT2D eigenvalue weighted by molar-refractivity contribution is 5.92. The summed E-state index contributed by atoms with van der Waals surface area (Å²) in [6.07, 6.45) is 7.77. The van der Waals surface area contributed by atoms with Crippen LogP contribution in [0.3, 0.4) is 0 Å². The zero-order valence-electron chi connectivity index (χ0n) is 15.7. The zero-order chi connectivity index (χ0) is 18.2. The molecule has 4 rings (SSSR count). The van der Waals surface area contributed by atoms with Crippen LogP contribution in [0.4, 0.5) is 0 Å². The van der Waals surface area contributed by atoms with Gasteiger partial charge in [-0.1, -0.05) is 26.0 Å². The molecule has 4 aliphatic carbocycles. The van der Waals surface area contributed by atoms with Crippen LogP contribution in [0.25, 0.3) is 0 Å². The van der Waals surface area contributed by atoms with Crippen LogP contribution in [0.1, 0.15) is 65.7 Å². The van der Waals surface area contributed by atoms with Crippen molar-refractivity contribution in [3.63, 3.8) is 0 Å². The predicted octanol–water partition coefficient (Wildman–Crippen LogP) is 4.00. The van der Waals surface area contributed by atoms with E-state index in [1.54, 1.807) is 6.92 Å². The third kappa shape index (κ3) is 2.02. The van der Waals surface area contributed by atoms with E-state index in [0.717, 1.165) is 37.7 Å². The second kappa shape index (κ2) is 5.16. The normalized spacial score (nSPS) is 49.1. The number of aliphatic hydroxyl groups is 1. The van der Waals surface area contributed by atoms with Gasteiger partial charge in [-0.3, -0.25) is 9.59 Å². The molecule has 4 aliphatic rings. The number of carbonyl (C=O) groups excluding carboxylic acids is 2. The molecule has 0 heterocycles. The number of hydrogen-bond donors (Lipinski definition) is 1. The lowest BCUT2D eigenvalue weighted by molar-refractivity contribution is -0.159. The van der Waals surface area contributed by atoms with E-state index in [9.17, 15) is 14.7 Å². The van der Waals surface area contributed by atoms with Gasteiger partial charge in [0.1, 0.15) is 5.60 Å². The molecule has 0 radical (unpaired) electrons. The predicted molar refractivity (Wildman–Crippen MR) is 96.9 cm³/mol. The summed E-state index contributed by atoms with van der Waals surface area (Å²) in [5.74, 6) is 1.54. The van der Waals surface area contributed by atoms with Crippen LogP contribution in [-0.2, 0) is 9.59 Å². The quantitative estimate of drug-likeness (QED) is 0.783. The van der Waals surface area contributed by atoms with Crippen molar-refractivity contribution in [3.8, 4) is 0 Å². The van der Waals surface area contributed by atoms with Crippen LogP contribution < -0.4 is 0 Å². The number of rotatable bonds is 1. The Kier molecular flexibility index (Phi) is 3.55. The van der Waals surface area contributed by atoms with Gasteiger partial charge >= 0.3 is 0 Å². The summed E-state index contributed by atoms with van der Waals surface area (Å²) in [5.41, 5.74) is 0.852. The van der Waals surface area contributed by atoms with E-state index < -0.39 is 5.60 Å². The summed E-state index contributed by atoms with van der Waals surface area (Å²) in [6.45, 7) is 10.3. The first-order chi connectivity index (χ1) is 11.6. The molecule has 3 nitrogen and oxygen atoms in total. The highest BCUT2D eigenvalue weighted by Crippen LogP contribution is 2.68. The highest BCUT2D eigenvalue weighted by Gasteiger charge is 2.65. The topological polar surface area (TPSA) is 54.4 Å². The third-order valence-corrected chi connectivity index (χ3v) is 8.66. The number of carbonyl (C=O) groups is 2. The third-order valence-electron chi connectivity index (χ3n) is 8.66. The Morgan fingerprint density at radius 2 is 1.88 bits per heavy atom. The molecule has 3 fully saturated rings. The molecule has 6 atom stereocenters. The first-order valence-electron chi connectivity index (χ1n) is 9.80. The monoisotopic (exact) mass is 342 g/mol. The number of fused-ring (bicyclic) bond motifs is 5. The van der Waals surface area contributed by atoms with E-state index in [4.69, 9.17) is 0 Å². The average Bonchev–Trinajstić information content (AvgIpc) is 2.83. The Labute approximate surface area is 150 Å². The van der Waals surface area contributed by atoms with Gasteiger partial charge in [-0.05, 0) is 80.3 Å². The maximum absolute atomic E-state index is 12.3. The molecule has 0 aromatic heterocycles. The molecule has 0 spiro atoms. The van der Waals surface area contributed by atoms with Gasteiger partial charge in [0.2, 0.25) is 0 Å². The van der Waals surface area contributed by atoms with Crippen molar-refractivity contribution in [2.45, 2.75) is 71.3 Å². The lowest BCUT2D eigenvalue weighted by Crippen LogP contribution is -2.57. The summed E-state index contributed by atoms with van der Waals surface area (Å²) in [7, 11) is 0. The highest BCUT2D eigenvalue weighted by atomic mass is 16.3. The van der Waals surface area contributed by atoms with Crippen molar-refractivity contribution in [2.75, 3.05) is 0 Å². The maximum atomic E-state index is 12.3. The van der Waals surface area contributed by atoms with Gasteiger partial charge in [-0.2, -0.15) is 0 Å². The molecule has 0 aromatic carbocycles. The fraction of sp³-hybridized carbons (Fsp3) is 0.727. The Morgan fingerprint density at radius 1 is 1.20 bits per heavy atom. The van der Waals surface area contributed by atoms with Gasteiger partial charge in [-0.25, -0.2) is 0 Å². The number of hydrogen-bond acceptors (Lipinski definition) is 3. The fourth-order valence-corrected chi connectivity index (χ4v) is 7.16. The molecule has 1 N–H and O–H groups in total. The van der Waals surface area contributed by atoms with Crippen molar-refractivity contribution in [1.29, 1.82) is 0 Å². The van der Waals surface area contributed by atoms with E-state index in [0.29, 0.717) is 30.6 Å². The van der Waals surface area contributed by atoms with Crippen LogP contribution in [-0.4, -0.2) is 22.3 Å². The Hall–Kier alpha value is -1.22. The summed E-state index contributed by atoms with van der Waals surface area (Å²) < 4.78 is 0. The Bertz CT molecular complexity index is 704. The summed E-state index contributed by atoms with van der Waals surface area (Å²) in [4.78, 5) is 24.2. The average molecular weight is 342 g/mol. The van der Waals surface area contributed by atoms with E-state index in [-0.39, 0.29) is 22.4 Å². The van der Waals surface area contributed by atoms with E-state index >= 15 is 0 Å². The van der Waals surface area contributed by atoms with Crippen LogP contribution in [0.2, 0.25) is 0 Å². The molecule has 0 bridgehead atoms. The first-order valence-corrected chi connectivity index (χ1v) is 9.80. The second-order valence-corrected chi connectivity index (χ2v) is 9.54. The minimum Gasteiger partial charge on any atom is -0.382 e. The molecule has 25 heavy (non-hydrogen) atoms. The maximum Gasteiger partial charge on any atom is 0.161 e. The van der Waals surface area contributed by atoms with Gasteiger partial charge < -0.3 is 5.11 Å². The SMILES string of the molecule is C=C1C[C@@H]2[C@@H](CC[C@@]3(C)[C@H]2CC[C@]3(O)C(C)=O)[C@@]2(C)CCC(=O)C=C12. The molecule has 0 aliphatic heterocycles. The van der Waals surface area contributed by atoms with Crippen molar-refractivity contribution in [2.24, 2.45) is 28.6 Å². The number of allylic oxidation sites excluding steroid dienone is 2. The van der Waals surface area contributed by atoms with Crippen LogP contribution in [0.15, 0.2) is 23.8 Å². The van der Waals surface area contributed by atoms with Crippen molar-refractivity contribution in [3.05, 3.63) is 23.8 Å². The van der Waals surface area contributed by atoms with E-state index in [1.165, 1.54) is 5.57 Å². The van der Waals surface area contributed by atoms with Gasteiger partial charge in [0.25, 0.3) is 0 Å². The van der Waals surface area contributed by atoms with Gasteiger partial charge in [0.15, 0.2) is 11.6 Å². The Balaban J connectivity index is 1.75. The molecule has 0 amide bonds. The smallest absolute Gasteiger partial charge is 0.161 e. The molecule has 0 saturated heterocycles. The second-order valence-electron chi connectivity index (χ2n) is 9.54. The van der Waals surface area contributed by atoms with E-state index in [2.05, 4.69) is 20.4 Å². The lowest BCUT2D eigenvalue weighted by Gasteiger charge is -2.59. The minimum atomic E-state index is -1.16. The number of ketones is 2. The first kappa shape index (κ1) is 17.2.